The summed E-state index contributed by atoms with van der Waals surface area (Å²) in [7, 11) is -6.22. The number of rotatable bonds is 8. The van der Waals surface area contributed by atoms with E-state index < -0.39 is 23.3 Å². The molecule has 0 aromatic heterocycles. The van der Waals surface area contributed by atoms with E-state index in [-0.39, 0.29) is 4.90 Å². The molecule has 1 unspecified atom stereocenters. The van der Waals surface area contributed by atoms with E-state index in [1.807, 2.05) is 74.5 Å². The van der Waals surface area contributed by atoms with Gasteiger partial charge in [-0.05, 0) is 38.0 Å². The van der Waals surface area contributed by atoms with E-state index >= 15 is 0 Å². The zero-order valence-corrected chi connectivity index (χ0v) is 20.5. The van der Waals surface area contributed by atoms with Crippen LogP contribution >= 0.6 is 0 Å². The lowest BCUT2D eigenvalue weighted by molar-refractivity contribution is 0.514. The van der Waals surface area contributed by atoms with Gasteiger partial charge in [-0.2, -0.15) is 0 Å². The van der Waals surface area contributed by atoms with Crippen molar-refractivity contribution in [3.8, 4) is 0 Å². The summed E-state index contributed by atoms with van der Waals surface area (Å²) in [4.78, 5) is 0.275. The molecule has 31 heavy (non-hydrogen) atoms. The van der Waals surface area contributed by atoms with E-state index in [4.69, 9.17) is 0 Å². The van der Waals surface area contributed by atoms with Gasteiger partial charge in [0.25, 0.3) is 0 Å². The minimum Gasteiger partial charge on any atom is -0.207 e. The molecule has 0 bridgehead atoms. The van der Waals surface area contributed by atoms with Gasteiger partial charge >= 0.3 is 0 Å². The molecule has 0 saturated heterocycles. The van der Waals surface area contributed by atoms with Crippen molar-refractivity contribution in [2.24, 2.45) is 0 Å². The maximum Gasteiger partial charge on any atom is 0.241 e. The summed E-state index contributed by atoms with van der Waals surface area (Å²) < 4.78 is 30.4. The van der Waals surface area contributed by atoms with Gasteiger partial charge in [0.05, 0.1) is 10.1 Å². The monoisotopic (exact) mass is 449 g/mol. The number of benzene rings is 3. The molecule has 0 heterocycles. The standard InChI is InChI=1S/C26H31NO2SSi/c1-6-20-26(23-16-12-21(2)13-17-23,31(4,5)25-10-8-7-9-11-25)27-30(28,29)24-18-14-22(3)15-19-24/h6-19,27H,1,20H2,2-5H3. The third kappa shape index (κ3) is 4.59. The van der Waals surface area contributed by atoms with Crippen LogP contribution in [0.1, 0.15) is 23.1 Å². The number of aryl methyl sites for hydroxylation is 2. The molecule has 3 aromatic carbocycles. The first kappa shape index (κ1) is 23.2. The Balaban J connectivity index is 2.25. The average molecular weight is 450 g/mol. The van der Waals surface area contributed by atoms with Gasteiger partial charge in [-0.15, -0.1) is 6.58 Å². The first-order valence-corrected chi connectivity index (χ1v) is 14.9. The molecule has 0 aliphatic rings. The lowest BCUT2D eigenvalue weighted by atomic mass is 10.0. The van der Waals surface area contributed by atoms with E-state index in [1.165, 1.54) is 5.19 Å². The lowest BCUT2D eigenvalue weighted by Gasteiger charge is -2.46. The Hall–Kier alpha value is -2.47. The van der Waals surface area contributed by atoms with Gasteiger partial charge in [-0.25, -0.2) is 13.1 Å². The van der Waals surface area contributed by atoms with Crippen molar-refractivity contribution in [1.29, 1.82) is 0 Å². The molecule has 1 N–H and O–H groups in total. The van der Waals surface area contributed by atoms with Crippen molar-refractivity contribution < 1.29 is 8.42 Å². The minimum absolute atomic E-state index is 0.275. The Morgan fingerprint density at radius 2 is 1.39 bits per heavy atom. The normalized spacial score (nSPS) is 14.1. The second-order valence-corrected chi connectivity index (χ2v) is 15.0. The third-order valence-electron chi connectivity index (χ3n) is 6.20. The number of nitrogens with one attached hydrogen (secondary N) is 1. The number of hydrogen-bond acceptors (Lipinski definition) is 2. The molecule has 0 fully saturated rings. The summed E-state index contributed by atoms with van der Waals surface area (Å²) in [5, 5.41) is 0.386. The van der Waals surface area contributed by atoms with E-state index in [0.29, 0.717) is 6.42 Å². The van der Waals surface area contributed by atoms with Crippen LogP contribution in [0.2, 0.25) is 13.1 Å². The highest BCUT2D eigenvalue weighted by Crippen LogP contribution is 2.37. The summed E-state index contributed by atoms with van der Waals surface area (Å²) in [5.41, 5.74) is 3.12. The Morgan fingerprint density at radius 3 is 1.90 bits per heavy atom. The Labute approximate surface area is 187 Å². The van der Waals surface area contributed by atoms with Crippen molar-refractivity contribution in [2.45, 2.75) is 43.4 Å². The predicted molar refractivity (Wildman–Crippen MR) is 133 cm³/mol. The minimum atomic E-state index is -3.77. The largest absolute Gasteiger partial charge is 0.241 e. The Bertz CT molecular complexity index is 1140. The second kappa shape index (κ2) is 8.95. The van der Waals surface area contributed by atoms with Crippen molar-refractivity contribution in [3.63, 3.8) is 0 Å². The highest BCUT2D eigenvalue weighted by Gasteiger charge is 2.50. The van der Waals surface area contributed by atoms with Gasteiger partial charge < -0.3 is 0 Å². The molecule has 0 amide bonds. The zero-order valence-electron chi connectivity index (χ0n) is 18.7. The molecule has 1 atom stereocenters. The molecule has 0 aliphatic carbocycles. The lowest BCUT2D eigenvalue weighted by Crippen LogP contribution is -2.67. The molecule has 0 radical (unpaired) electrons. The number of hydrogen-bond donors (Lipinski definition) is 1. The fourth-order valence-electron chi connectivity index (χ4n) is 4.12. The molecule has 0 aliphatic heterocycles. The van der Waals surface area contributed by atoms with Crippen LogP contribution in [-0.4, -0.2) is 16.5 Å². The summed E-state index contributed by atoms with van der Waals surface area (Å²) in [6.07, 6.45) is 2.32. The quantitative estimate of drug-likeness (QED) is 0.379. The van der Waals surface area contributed by atoms with Crippen molar-refractivity contribution >= 4 is 23.3 Å². The summed E-state index contributed by atoms with van der Waals surface area (Å²) in [6, 6.07) is 25.4. The smallest absolute Gasteiger partial charge is 0.207 e. The molecule has 0 spiro atoms. The Morgan fingerprint density at radius 1 is 0.871 bits per heavy atom. The van der Waals surface area contributed by atoms with Gasteiger partial charge in [0.1, 0.15) is 8.07 Å². The van der Waals surface area contributed by atoms with Crippen LogP contribution in [0.3, 0.4) is 0 Å². The topological polar surface area (TPSA) is 46.2 Å². The van der Waals surface area contributed by atoms with Gasteiger partial charge in [0, 0.05) is 0 Å². The first-order valence-electron chi connectivity index (χ1n) is 10.5. The molecule has 0 saturated carbocycles. The fourth-order valence-corrected chi connectivity index (χ4v) is 9.88. The molecule has 3 aromatic rings. The molecule has 3 nitrogen and oxygen atoms in total. The summed E-state index contributed by atoms with van der Waals surface area (Å²) in [5.74, 6) is 0. The second-order valence-electron chi connectivity index (χ2n) is 8.67. The first-order chi connectivity index (χ1) is 14.6. The number of sulfonamides is 1. The van der Waals surface area contributed by atoms with Crippen molar-refractivity contribution in [3.05, 3.63) is 108 Å². The Kier molecular flexibility index (Phi) is 6.70. The van der Waals surface area contributed by atoms with Crippen LogP contribution in [0.4, 0.5) is 0 Å². The maximum atomic E-state index is 13.6. The van der Waals surface area contributed by atoms with Crippen LogP contribution < -0.4 is 9.91 Å². The van der Waals surface area contributed by atoms with Crippen LogP contribution in [0.15, 0.2) is 96.4 Å². The van der Waals surface area contributed by atoms with Gasteiger partial charge in [-0.1, -0.05) is 102 Å². The summed E-state index contributed by atoms with van der Waals surface area (Å²) >= 11 is 0. The van der Waals surface area contributed by atoms with E-state index in [0.717, 1.165) is 16.7 Å². The average Bonchev–Trinajstić information content (AvgIpc) is 2.74. The van der Waals surface area contributed by atoms with Gasteiger partial charge in [0.15, 0.2) is 0 Å². The zero-order chi connectivity index (χ0) is 22.7. The predicted octanol–water partition coefficient (Wildman–Crippen LogP) is 5.21. The highest BCUT2D eigenvalue weighted by molar-refractivity contribution is 7.89. The third-order valence-corrected chi connectivity index (χ3v) is 12.4. The molecule has 3 rings (SSSR count). The fraction of sp³-hybridized carbons (Fsp3) is 0.231. The van der Waals surface area contributed by atoms with E-state index in [9.17, 15) is 8.42 Å². The van der Waals surface area contributed by atoms with Crippen LogP contribution in [0, 0.1) is 13.8 Å². The summed E-state index contributed by atoms with van der Waals surface area (Å²) in [6.45, 7) is 12.4. The van der Waals surface area contributed by atoms with Crippen LogP contribution in [0.25, 0.3) is 0 Å². The van der Waals surface area contributed by atoms with Crippen LogP contribution in [-0.2, 0) is 15.2 Å². The molecule has 162 valence electrons. The van der Waals surface area contributed by atoms with E-state index in [2.05, 4.69) is 36.5 Å². The van der Waals surface area contributed by atoms with Gasteiger partial charge in [0.2, 0.25) is 10.0 Å². The van der Waals surface area contributed by atoms with Crippen LogP contribution in [0.5, 0.6) is 0 Å². The van der Waals surface area contributed by atoms with Crippen molar-refractivity contribution in [1.82, 2.24) is 4.72 Å². The molecular formula is C26H31NO2SSi. The van der Waals surface area contributed by atoms with E-state index in [1.54, 1.807) is 12.1 Å². The SMILES string of the molecule is C=CCC(NS(=O)(=O)c1ccc(C)cc1)(c1ccc(C)cc1)[Si](C)(C)c1ccccc1. The maximum absolute atomic E-state index is 13.6. The van der Waals surface area contributed by atoms with Crippen molar-refractivity contribution in [2.75, 3.05) is 0 Å². The molecule has 5 heteroatoms. The van der Waals surface area contributed by atoms with Gasteiger partial charge in [-0.3, -0.25) is 0 Å². The highest BCUT2D eigenvalue weighted by atomic mass is 32.2. The molecular weight excluding hydrogens is 418 g/mol.